The molecule has 118 valence electrons. The molecule has 0 radical (unpaired) electrons. The molecule has 1 aromatic carbocycles. The van der Waals surface area contributed by atoms with Gasteiger partial charge >= 0.3 is 0 Å². The third-order valence-electron chi connectivity index (χ3n) is 5.24. The van der Waals surface area contributed by atoms with Crippen LogP contribution in [0.5, 0.6) is 5.75 Å². The Hall–Kier alpha value is -1.06. The van der Waals surface area contributed by atoms with Crippen LogP contribution in [0.2, 0.25) is 0 Å². The summed E-state index contributed by atoms with van der Waals surface area (Å²) in [5.74, 6) is 1.82. The highest BCUT2D eigenvalue weighted by Crippen LogP contribution is 2.36. The maximum absolute atomic E-state index is 6.17. The van der Waals surface area contributed by atoms with Crippen LogP contribution in [-0.2, 0) is 6.54 Å². The molecule has 2 N–H and O–H groups in total. The van der Waals surface area contributed by atoms with Crippen LogP contribution in [0.15, 0.2) is 18.2 Å². The summed E-state index contributed by atoms with van der Waals surface area (Å²) in [6, 6.07) is 6.39. The molecule has 0 aromatic heterocycles. The SMILES string of the molecule is COc1ccc(C)cc1CN(C)C1(CN)CCC(C)CC1. The standard InChI is InChI=1S/C18H30N2O/c1-14-7-9-18(13-19,10-8-14)20(3)12-16-11-15(2)5-6-17(16)21-4/h5-6,11,14H,7-10,12-13,19H2,1-4H3. The molecule has 1 aliphatic rings. The topological polar surface area (TPSA) is 38.5 Å². The van der Waals surface area contributed by atoms with E-state index in [1.54, 1.807) is 7.11 Å². The fourth-order valence-electron chi connectivity index (χ4n) is 3.50. The van der Waals surface area contributed by atoms with E-state index in [4.69, 9.17) is 10.5 Å². The quantitative estimate of drug-likeness (QED) is 0.904. The van der Waals surface area contributed by atoms with Crippen molar-refractivity contribution < 1.29 is 4.74 Å². The molecular weight excluding hydrogens is 260 g/mol. The number of hydrogen-bond donors (Lipinski definition) is 1. The van der Waals surface area contributed by atoms with E-state index in [-0.39, 0.29) is 5.54 Å². The number of likely N-dealkylation sites (N-methyl/N-ethyl adjacent to an activating group) is 1. The Bertz CT molecular complexity index is 464. The van der Waals surface area contributed by atoms with Gasteiger partial charge in [0.05, 0.1) is 7.11 Å². The van der Waals surface area contributed by atoms with Gasteiger partial charge in [0.25, 0.3) is 0 Å². The monoisotopic (exact) mass is 290 g/mol. The van der Waals surface area contributed by atoms with E-state index in [1.807, 2.05) is 0 Å². The zero-order valence-corrected chi connectivity index (χ0v) is 14.0. The minimum atomic E-state index is 0.154. The number of methoxy groups -OCH3 is 1. The fourth-order valence-corrected chi connectivity index (χ4v) is 3.50. The van der Waals surface area contributed by atoms with Crippen LogP contribution in [0.25, 0.3) is 0 Å². The van der Waals surface area contributed by atoms with E-state index in [2.05, 4.69) is 44.0 Å². The summed E-state index contributed by atoms with van der Waals surface area (Å²) in [7, 11) is 3.96. The van der Waals surface area contributed by atoms with E-state index in [0.717, 1.165) is 24.8 Å². The molecule has 1 aromatic rings. The van der Waals surface area contributed by atoms with E-state index < -0.39 is 0 Å². The molecule has 1 saturated carbocycles. The summed E-state index contributed by atoms with van der Waals surface area (Å²) in [5, 5.41) is 0. The van der Waals surface area contributed by atoms with E-state index in [1.165, 1.54) is 36.8 Å². The molecule has 3 heteroatoms. The van der Waals surface area contributed by atoms with Crippen molar-refractivity contribution in [2.75, 3.05) is 20.7 Å². The predicted molar refractivity (Wildman–Crippen MR) is 88.6 cm³/mol. The second kappa shape index (κ2) is 6.80. The Labute approximate surface area is 129 Å². The van der Waals surface area contributed by atoms with Crippen molar-refractivity contribution in [3.05, 3.63) is 29.3 Å². The van der Waals surface area contributed by atoms with Crippen molar-refractivity contribution in [1.82, 2.24) is 4.90 Å². The Morgan fingerprint density at radius 1 is 1.33 bits per heavy atom. The summed E-state index contributed by atoms with van der Waals surface area (Å²) < 4.78 is 5.51. The Morgan fingerprint density at radius 3 is 2.57 bits per heavy atom. The van der Waals surface area contributed by atoms with Crippen molar-refractivity contribution in [2.45, 2.75) is 51.6 Å². The molecule has 3 nitrogen and oxygen atoms in total. The van der Waals surface area contributed by atoms with Crippen molar-refractivity contribution in [3.8, 4) is 5.75 Å². The number of aryl methyl sites for hydroxylation is 1. The number of nitrogens with two attached hydrogens (primary N) is 1. The average Bonchev–Trinajstić information content (AvgIpc) is 2.48. The molecule has 0 amide bonds. The summed E-state index contributed by atoms with van der Waals surface area (Å²) in [6.07, 6.45) is 4.98. The first-order chi connectivity index (χ1) is 10.0. The van der Waals surface area contributed by atoms with Gasteiger partial charge in [-0.1, -0.05) is 24.6 Å². The lowest BCUT2D eigenvalue weighted by Gasteiger charge is -2.45. The van der Waals surface area contributed by atoms with Crippen LogP contribution in [0, 0.1) is 12.8 Å². The Kier molecular flexibility index (Phi) is 5.28. The van der Waals surface area contributed by atoms with Crippen LogP contribution in [0.4, 0.5) is 0 Å². The molecule has 0 unspecified atom stereocenters. The molecule has 21 heavy (non-hydrogen) atoms. The van der Waals surface area contributed by atoms with Crippen LogP contribution in [-0.4, -0.2) is 31.1 Å². The minimum Gasteiger partial charge on any atom is -0.496 e. The smallest absolute Gasteiger partial charge is 0.123 e. The second-order valence-electron chi connectivity index (χ2n) is 6.78. The first-order valence-corrected chi connectivity index (χ1v) is 8.05. The number of ether oxygens (including phenoxy) is 1. The van der Waals surface area contributed by atoms with E-state index in [9.17, 15) is 0 Å². The van der Waals surface area contributed by atoms with Crippen LogP contribution >= 0.6 is 0 Å². The average molecular weight is 290 g/mol. The van der Waals surface area contributed by atoms with Crippen LogP contribution < -0.4 is 10.5 Å². The molecule has 2 rings (SSSR count). The highest BCUT2D eigenvalue weighted by molar-refractivity contribution is 5.36. The van der Waals surface area contributed by atoms with Crippen LogP contribution in [0.3, 0.4) is 0 Å². The Balaban J connectivity index is 2.16. The molecule has 1 aliphatic carbocycles. The number of rotatable bonds is 5. The molecule has 0 bridgehead atoms. The van der Waals surface area contributed by atoms with Gasteiger partial charge in [0.15, 0.2) is 0 Å². The fraction of sp³-hybridized carbons (Fsp3) is 0.667. The highest BCUT2D eigenvalue weighted by atomic mass is 16.5. The van der Waals surface area contributed by atoms with Crippen molar-refractivity contribution in [1.29, 1.82) is 0 Å². The first-order valence-electron chi connectivity index (χ1n) is 8.05. The number of benzene rings is 1. The lowest BCUT2D eigenvalue weighted by molar-refractivity contribution is 0.0610. The van der Waals surface area contributed by atoms with Gasteiger partial charge < -0.3 is 10.5 Å². The van der Waals surface area contributed by atoms with Gasteiger partial charge in [0.2, 0.25) is 0 Å². The normalized spacial score (nSPS) is 26.1. The summed E-state index contributed by atoms with van der Waals surface area (Å²) in [6.45, 7) is 6.12. The zero-order valence-electron chi connectivity index (χ0n) is 14.0. The summed E-state index contributed by atoms with van der Waals surface area (Å²) >= 11 is 0. The van der Waals surface area contributed by atoms with E-state index >= 15 is 0 Å². The number of hydrogen-bond acceptors (Lipinski definition) is 3. The second-order valence-corrected chi connectivity index (χ2v) is 6.78. The zero-order chi connectivity index (χ0) is 15.5. The summed E-state index contributed by atoms with van der Waals surface area (Å²) in [5.41, 5.74) is 8.85. The third kappa shape index (κ3) is 3.58. The highest BCUT2D eigenvalue weighted by Gasteiger charge is 2.36. The lowest BCUT2D eigenvalue weighted by Crippen LogP contribution is -2.53. The number of nitrogens with zero attached hydrogens (tertiary/aromatic N) is 1. The summed E-state index contributed by atoms with van der Waals surface area (Å²) in [4.78, 5) is 2.45. The predicted octanol–water partition coefficient (Wildman–Crippen LogP) is 3.34. The van der Waals surface area contributed by atoms with Gasteiger partial charge in [0, 0.05) is 24.2 Å². The van der Waals surface area contributed by atoms with Gasteiger partial charge in [-0.15, -0.1) is 0 Å². The van der Waals surface area contributed by atoms with Gasteiger partial charge in [-0.2, -0.15) is 0 Å². The van der Waals surface area contributed by atoms with E-state index in [0.29, 0.717) is 0 Å². The van der Waals surface area contributed by atoms with Gasteiger partial charge in [-0.3, -0.25) is 4.90 Å². The molecule has 0 saturated heterocycles. The van der Waals surface area contributed by atoms with Gasteiger partial charge in [-0.05, 0) is 51.6 Å². The Morgan fingerprint density at radius 2 is 2.00 bits per heavy atom. The molecule has 0 heterocycles. The molecule has 0 aliphatic heterocycles. The maximum atomic E-state index is 6.17. The van der Waals surface area contributed by atoms with Gasteiger partial charge in [0.1, 0.15) is 5.75 Å². The van der Waals surface area contributed by atoms with Gasteiger partial charge in [-0.25, -0.2) is 0 Å². The van der Waals surface area contributed by atoms with Crippen molar-refractivity contribution in [2.24, 2.45) is 11.7 Å². The molecular formula is C18H30N2O. The molecule has 0 atom stereocenters. The van der Waals surface area contributed by atoms with Crippen molar-refractivity contribution in [3.63, 3.8) is 0 Å². The molecule has 0 spiro atoms. The molecule has 1 fully saturated rings. The lowest BCUT2D eigenvalue weighted by atomic mass is 9.76. The van der Waals surface area contributed by atoms with Crippen molar-refractivity contribution >= 4 is 0 Å². The minimum absolute atomic E-state index is 0.154. The van der Waals surface area contributed by atoms with Crippen LogP contribution in [0.1, 0.15) is 43.7 Å². The maximum Gasteiger partial charge on any atom is 0.123 e. The first kappa shape index (κ1) is 16.3. The third-order valence-corrected chi connectivity index (χ3v) is 5.24. The largest absolute Gasteiger partial charge is 0.496 e.